The molecule has 0 bridgehead atoms. The first-order valence-electron chi connectivity index (χ1n) is 5.93. The van der Waals surface area contributed by atoms with Crippen LogP contribution in [0.2, 0.25) is 0 Å². The van der Waals surface area contributed by atoms with Crippen molar-refractivity contribution in [3.05, 3.63) is 24.3 Å². The van der Waals surface area contributed by atoms with Crippen LogP contribution in [0.25, 0.3) is 0 Å². The molecule has 1 unspecified atom stereocenters. The number of benzene rings is 1. The van der Waals surface area contributed by atoms with Crippen molar-refractivity contribution < 1.29 is 17.9 Å². The van der Waals surface area contributed by atoms with E-state index in [1.807, 2.05) is 7.05 Å². The number of likely N-dealkylation sites (N-methyl/N-ethyl adjacent to an activating group) is 1. The van der Waals surface area contributed by atoms with Gasteiger partial charge in [-0.05, 0) is 31.3 Å². The minimum Gasteiger partial charge on any atom is -0.491 e. The number of hydrogen-bond acceptors (Lipinski definition) is 5. The van der Waals surface area contributed by atoms with Gasteiger partial charge in [0.1, 0.15) is 18.5 Å². The van der Waals surface area contributed by atoms with E-state index in [9.17, 15) is 8.42 Å². The van der Waals surface area contributed by atoms with Crippen molar-refractivity contribution in [3.63, 3.8) is 0 Å². The Bertz CT molecular complexity index is 517. The summed E-state index contributed by atoms with van der Waals surface area (Å²) in [6.45, 7) is 2.90. The normalized spacial score (nSPS) is 21.3. The predicted octanol–water partition coefficient (Wildman–Crippen LogP) is 1.32. The van der Waals surface area contributed by atoms with Crippen LogP contribution in [0.1, 0.15) is 0 Å². The Balaban J connectivity index is 1.89. The summed E-state index contributed by atoms with van der Waals surface area (Å²) in [6, 6.07) is 6.01. The van der Waals surface area contributed by atoms with Gasteiger partial charge in [0.05, 0.1) is 11.5 Å². The topological polar surface area (TPSA) is 55.8 Å². The zero-order chi connectivity index (χ0) is 13.9. The molecule has 106 valence electrons. The van der Waals surface area contributed by atoms with Crippen LogP contribution in [0.3, 0.4) is 0 Å². The van der Waals surface area contributed by atoms with Gasteiger partial charge in [0, 0.05) is 23.8 Å². The molecule has 1 heterocycles. The molecule has 19 heavy (non-hydrogen) atoms. The smallest absolute Gasteiger partial charge is 0.261 e. The maximum Gasteiger partial charge on any atom is 0.261 e. The molecule has 0 aliphatic carbocycles. The second-order valence-electron chi connectivity index (χ2n) is 4.48. The minimum absolute atomic E-state index is 0.0372. The van der Waals surface area contributed by atoms with Crippen molar-refractivity contribution in [2.45, 2.75) is 11.0 Å². The van der Waals surface area contributed by atoms with Gasteiger partial charge >= 0.3 is 0 Å². The summed E-state index contributed by atoms with van der Waals surface area (Å²) >= 11 is 0. The first kappa shape index (κ1) is 14.6. The number of ether oxygens (including phenoxy) is 2. The molecular formula is C12H16ClNO4S. The standard InChI is InChI=1S/C12H16ClNO4S/c1-14-6-7-17-11(8-14)9-18-10-2-4-12(5-3-10)19(13,15)16/h2-5,11H,6-9H2,1H3. The summed E-state index contributed by atoms with van der Waals surface area (Å²) < 4.78 is 33.3. The van der Waals surface area contributed by atoms with Crippen LogP contribution < -0.4 is 4.74 Å². The summed E-state index contributed by atoms with van der Waals surface area (Å²) in [5.74, 6) is 0.598. The third-order valence-corrected chi connectivity index (χ3v) is 4.25. The second-order valence-corrected chi connectivity index (χ2v) is 7.04. The molecule has 1 fully saturated rings. The highest BCUT2D eigenvalue weighted by Gasteiger charge is 2.18. The van der Waals surface area contributed by atoms with Gasteiger partial charge in [0.15, 0.2) is 0 Å². The van der Waals surface area contributed by atoms with E-state index < -0.39 is 9.05 Å². The van der Waals surface area contributed by atoms with Crippen molar-refractivity contribution in [2.75, 3.05) is 33.4 Å². The Morgan fingerprint density at radius 3 is 2.68 bits per heavy atom. The fourth-order valence-corrected chi connectivity index (χ4v) is 2.63. The van der Waals surface area contributed by atoms with Crippen molar-refractivity contribution in [3.8, 4) is 5.75 Å². The number of morpholine rings is 1. The van der Waals surface area contributed by atoms with Crippen LogP contribution >= 0.6 is 10.7 Å². The third-order valence-electron chi connectivity index (χ3n) is 2.88. The lowest BCUT2D eigenvalue weighted by molar-refractivity contribution is -0.0403. The Labute approximate surface area is 117 Å². The number of halogens is 1. The van der Waals surface area contributed by atoms with E-state index in [4.69, 9.17) is 20.2 Å². The van der Waals surface area contributed by atoms with Crippen LogP contribution in [0, 0.1) is 0 Å². The molecule has 1 saturated heterocycles. The van der Waals surface area contributed by atoms with E-state index in [-0.39, 0.29) is 11.0 Å². The summed E-state index contributed by atoms with van der Waals surface area (Å²) in [5, 5.41) is 0. The van der Waals surface area contributed by atoms with Gasteiger partial charge in [0.2, 0.25) is 0 Å². The summed E-state index contributed by atoms with van der Waals surface area (Å²) in [6.07, 6.45) is 0.0372. The van der Waals surface area contributed by atoms with Crippen LogP contribution in [0.4, 0.5) is 0 Å². The average molecular weight is 306 g/mol. The molecule has 0 radical (unpaired) electrons. The minimum atomic E-state index is -3.68. The van der Waals surface area contributed by atoms with Gasteiger partial charge in [-0.3, -0.25) is 0 Å². The highest BCUT2D eigenvalue weighted by Crippen LogP contribution is 2.19. The van der Waals surface area contributed by atoms with Crippen molar-refractivity contribution in [1.82, 2.24) is 4.90 Å². The number of rotatable bonds is 4. The Morgan fingerprint density at radius 2 is 2.11 bits per heavy atom. The van der Waals surface area contributed by atoms with Crippen LogP contribution in [-0.4, -0.2) is 52.8 Å². The highest BCUT2D eigenvalue weighted by atomic mass is 35.7. The molecule has 7 heteroatoms. The van der Waals surface area contributed by atoms with Crippen LogP contribution in [-0.2, 0) is 13.8 Å². The van der Waals surface area contributed by atoms with E-state index in [0.717, 1.165) is 13.1 Å². The molecular weight excluding hydrogens is 290 g/mol. The van der Waals surface area contributed by atoms with Crippen molar-refractivity contribution in [2.24, 2.45) is 0 Å². The van der Waals surface area contributed by atoms with Crippen LogP contribution in [0.5, 0.6) is 5.75 Å². The molecule has 0 aromatic heterocycles. The molecule has 0 amide bonds. The molecule has 2 rings (SSSR count). The highest BCUT2D eigenvalue weighted by molar-refractivity contribution is 8.13. The van der Waals surface area contributed by atoms with Gasteiger partial charge in [-0.2, -0.15) is 0 Å². The lowest BCUT2D eigenvalue weighted by Gasteiger charge is -2.29. The Hall–Kier alpha value is -0.820. The summed E-state index contributed by atoms with van der Waals surface area (Å²) in [7, 11) is 3.59. The van der Waals surface area contributed by atoms with E-state index >= 15 is 0 Å². The molecule has 1 aliphatic rings. The van der Waals surface area contributed by atoms with Gasteiger partial charge in [-0.15, -0.1) is 0 Å². The molecule has 1 aromatic rings. The van der Waals surface area contributed by atoms with Crippen molar-refractivity contribution in [1.29, 1.82) is 0 Å². The SMILES string of the molecule is CN1CCOC(COc2ccc(S(=O)(=O)Cl)cc2)C1. The van der Waals surface area contributed by atoms with E-state index in [1.54, 1.807) is 12.1 Å². The quantitative estimate of drug-likeness (QED) is 0.785. The largest absolute Gasteiger partial charge is 0.491 e. The number of nitrogens with zero attached hydrogens (tertiary/aromatic N) is 1. The molecule has 5 nitrogen and oxygen atoms in total. The maximum absolute atomic E-state index is 11.1. The molecule has 0 saturated carbocycles. The number of hydrogen-bond donors (Lipinski definition) is 0. The molecule has 1 aromatic carbocycles. The third kappa shape index (κ3) is 4.35. The summed E-state index contributed by atoms with van der Waals surface area (Å²) in [5.41, 5.74) is 0. The van der Waals surface area contributed by atoms with Gasteiger partial charge in [-0.1, -0.05) is 0 Å². The zero-order valence-electron chi connectivity index (χ0n) is 10.6. The fraction of sp³-hybridized carbons (Fsp3) is 0.500. The first-order valence-corrected chi connectivity index (χ1v) is 8.24. The summed E-state index contributed by atoms with van der Waals surface area (Å²) in [4.78, 5) is 2.25. The lowest BCUT2D eigenvalue weighted by Crippen LogP contribution is -2.42. The van der Waals surface area contributed by atoms with E-state index in [0.29, 0.717) is 19.0 Å². The van der Waals surface area contributed by atoms with E-state index in [1.165, 1.54) is 12.1 Å². The predicted molar refractivity (Wildman–Crippen MR) is 72.2 cm³/mol. The van der Waals surface area contributed by atoms with Gasteiger partial charge in [-0.25, -0.2) is 8.42 Å². The monoisotopic (exact) mass is 305 g/mol. The van der Waals surface area contributed by atoms with Gasteiger partial charge < -0.3 is 14.4 Å². The Kier molecular flexibility index (Phi) is 4.67. The van der Waals surface area contributed by atoms with Gasteiger partial charge in [0.25, 0.3) is 9.05 Å². The molecule has 0 spiro atoms. The Morgan fingerprint density at radius 1 is 1.42 bits per heavy atom. The van der Waals surface area contributed by atoms with E-state index in [2.05, 4.69) is 4.90 Å². The fourth-order valence-electron chi connectivity index (χ4n) is 1.86. The second kappa shape index (κ2) is 6.09. The van der Waals surface area contributed by atoms with Crippen LogP contribution in [0.15, 0.2) is 29.2 Å². The molecule has 1 atom stereocenters. The first-order chi connectivity index (χ1) is 8.95. The zero-order valence-corrected chi connectivity index (χ0v) is 12.2. The van der Waals surface area contributed by atoms with Crippen molar-refractivity contribution >= 4 is 19.7 Å². The average Bonchev–Trinajstić information content (AvgIpc) is 2.36. The maximum atomic E-state index is 11.1. The molecule has 1 aliphatic heterocycles. The lowest BCUT2D eigenvalue weighted by atomic mass is 10.3. The molecule has 0 N–H and O–H groups in total.